The molecule has 2 aromatic rings. The van der Waals surface area contributed by atoms with Gasteiger partial charge < -0.3 is 14.8 Å². The lowest BCUT2D eigenvalue weighted by Crippen LogP contribution is -2.34. The van der Waals surface area contributed by atoms with Crippen LogP contribution in [0.2, 0.25) is 0 Å². The minimum atomic E-state index is -0.570. The molecule has 0 saturated heterocycles. The van der Waals surface area contributed by atoms with Crippen molar-refractivity contribution in [1.82, 2.24) is 5.32 Å². The Balaban J connectivity index is 1.89. The van der Waals surface area contributed by atoms with E-state index >= 15 is 0 Å². The first kappa shape index (κ1) is 24.8. The van der Waals surface area contributed by atoms with E-state index in [0.717, 1.165) is 11.1 Å². The molecule has 2 amide bonds. The summed E-state index contributed by atoms with van der Waals surface area (Å²) in [5.41, 5.74) is 4.57. The summed E-state index contributed by atoms with van der Waals surface area (Å²) in [5.74, 6) is -0.547. The van der Waals surface area contributed by atoms with Crippen LogP contribution in [0.15, 0.2) is 59.3 Å². The molecular weight excluding hydrogens is 432 g/mol. The predicted molar refractivity (Wildman–Crippen MR) is 131 cm³/mol. The normalized spacial score (nSPS) is 14.7. The van der Waals surface area contributed by atoms with Crippen molar-refractivity contribution in [2.75, 3.05) is 18.6 Å². The van der Waals surface area contributed by atoms with Crippen molar-refractivity contribution in [1.29, 1.82) is 0 Å². The number of nitrogens with one attached hydrogen (secondary N) is 1. The fourth-order valence-corrected chi connectivity index (χ4v) is 3.70. The molecule has 0 atom stereocenters. The van der Waals surface area contributed by atoms with Crippen LogP contribution in [0, 0.1) is 13.8 Å². The Morgan fingerprint density at radius 1 is 1.03 bits per heavy atom. The Bertz CT molecular complexity index is 1180. The van der Waals surface area contributed by atoms with Crippen LogP contribution in [0.5, 0.6) is 5.75 Å². The third-order valence-electron chi connectivity index (χ3n) is 5.55. The van der Waals surface area contributed by atoms with Gasteiger partial charge in [-0.25, -0.2) is 4.79 Å². The highest BCUT2D eigenvalue weighted by molar-refractivity contribution is 6.23. The number of rotatable bonds is 7. The van der Waals surface area contributed by atoms with Gasteiger partial charge >= 0.3 is 5.97 Å². The van der Waals surface area contributed by atoms with E-state index < -0.39 is 5.97 Å². The lowest BCUT2D eigenvalue weighted by Gasteiger charge is -2.19. The number of anilines is 1. The molecule has 0 bridgehead atoms. The van der Waals surface area contributed by atoms with Crippen LogP contribution in [0.4, 0.5) is 5.69 Å². The van der Waals surface area contributed by atoms with E-state index in [1.807, 2.05) is 45.9 Å². The third kappa shape index (κ3) is 5.36. The first-order chi connectivity index (χ1) is 16.1. The summed E-state index contributed by atoms with van der Waals surface area (Å²) in [7, 11) is 1.30. The zero-order valence-corrected chi connectivity index (χ0v) is 20.4. The zero-order chi connectivity index (χ0) is 25.0. The molecule has 178 valence electrons. The number of methoxy groups -OCH3 is 1. The topological polar surface area (TPSA) is 84.9 Å². The molecule has 2 aromatic carbocycles. The van der Waals surface area contributed by atoms with E-state index in [2.05, 4.69) is 5.32 Å². The molecular formula is C27H30N2O5. The number of amides is 2. The average molecular weight is 463 g/mol. The average Bonchev–Trinajstić information content (AvgIpc) is 3.03. The van der Waals surface area contributed by atoms with Gasteiger partial charge in [0.05, 0.1) is 18.3 Å². The molecule has 0 saturated carbocycles. The largest absolute Gasteiger partial charge is 0.484 e. The second-order valence-corrected chi connectivity index (χ2v) is 8.50. The molecule has 1 N–H and O–H groups in total. The minimum absolute atomic E-state index is 0.0398. The number of carbonyl (C=O) groups excluding carboxylic acids is 3. The number of hydrogen-bond donors (Lipinski definition) is 1. The number of esters is 1. The van der Waals surface area contributed by atoms with Gasteiger partial charge in [0.1, 0.15) is 5.75 Å². The first-order valence-electron chi connectivity index (χ1n) is 11.1. The van der Waals surface area contributed by atoms with Gasteiger partial charge in [-0.15, -0.1) is 0 Å². The van der Waals surface area contributed by atoms with Gasteiger partial charge in [0.15, 0.2) is 6.61 Å². The number of hydrogen-bond acceptors (Lipinski definition) is 5. The quantitative estimate of drug-likeness (QED) is 0.495. The SMILES string of the molecule is COC(=O)C1=C(C)N(c2ccc(C)c(C)c2)C(=O)/C1=C\c1ccc(OCC(=O)NC(C)C)cc1. The molecule has 3 rings (SSSR count). The predicted octanol–water partition coefficient (Wildman–Crippen LogP) is 4.08. The summed E-state index contributed by atoms with van der Waals surface area (Å²) in [4.78, 5) is 39.3. The Hall–Kier alpha value is -3.87. The molecule has 0 spiro atoms. The van der Waals surface area contributed by atoms with Gasteiger partial charge in [0.2, 0.25) is 0 Å². The van der Waals surface area contributed by atoms with Crippen LogP contribution < -0.4 is 15.0 Å². The van der Waals surface area contributed by atoms with Gasteiger partial charge in [-0.05, 0) is 81.7 Å². The molecule has 1 heterocycles. The molecule has 34 heavy (non-hydrogen) atoms. The highest BCUT2D eigenvalue weighted by Crippen LogP contribution is 2.36. The summed E-state index contributed by atoms with van der Waals surface area (Å²) in [5, 5.41) is 2.76. The first-order valence-corrected chi connectivity index (χ1v) is 11.1. The molecule has 7 nitrogen and oxygen atoms in total. The molecule has 0 unspecified atom stereocenters. The fraction of sp³-hybridized carbons (Fsp3) is 0.296. The summed E-state index contributed by atoms with van der Waals surface area (Å²) in [6, 6.07) is 12.7. The summed E-state index contributed by atoms with van der Waals surface area (Å²) >= 11 is 0. The third-order valence-corrected chi connectivity index (χ3v) is 5.55. The highest BCUT2D eigenvalue weighted by atomic mass is 16.5. The second kappa shape index (κ2) is 10.4. The number of ether oxygens (including phenoxy) is 2. The van der Waals surface area contributed by atoms with E-state index in [1.54, 1.807) is 37.3 Å². The summed E-state index contributed by atoms with van der Waals surface area (Å²) in [6.07, 6.45) is 1.66. The lowest BCUT2D eigenvalue weighted by molar-refractivity contribution is -0.136. The zero-order valence-electron chi connectivity index (χ0n) is 20.4. The van der Waals surface area contributed by atoms with E-state index in [1.165, 1.54) is 12.0 Å². The molecule has 0 aliphatic carbocycles. The lowest BCUT2D eigenvalue weighted by atomic mass is 10.0. The summed E-state index contributed by atoms with van der Waals surface area (Å²) < 4.78 is 10.5. The van der Waals surface area contributed by atoms with E-state index in [0.29, 0.717) is 22.7 Å². The number of benzene rings is 2. The Labute approximate surface area is 200 Å². The van der Waals surface area contributed by atoms with Crippen LogP contribution in [-0.4, -0.2) is 37.5 Å². The number of nitrogens with zero attached hydrogens (tertiary/aromatic N) is 1. The monoisotopic (exact) mass is 462 g/mol. The standard InChI is InChI=1S/C27H30N2O5/c1-16(2)28-24(30)15-34-22-11-8-20(9-12-22)14-23-25(27(32)33-6)19(5)29(26(23)31)21-10-7-17(3)18(4)13-21/h7-14,16H,15H2,1-6H3,(H,28,30)/b23-14-. The molecule has 0 radical (unpaired) electrons. The van der Waals surface area contributed by atoms with Crippen molar-refractivity contribution < 1.29 is 23.9 Å². The van der Waals surface area contributed by atoms with Crippen LogP contribution in [0.25, 0.3) is 6.08 Å². The van der Waals surface area contributed by atoms with Crippen molar-refractivity contribution in [3.8, 4) is 5.75 Å². The minimum Gasteiger partial charge on any atom is -0.484 e. The van der Waals surface area contributed by atoms with Crippen LogP contribution >= 0.6 is 0 Å². The Morgan fingerprint density at radius 3 is 2.29 bits per heavy atom. The van der Waals surface area contributed by atoms with Crippen molar-refractivity contribution >= 4 is 29.5 Å². The van der Waals surface area contributed by atoms with Crippen molar-refractivity contribution in [2.45, 2.75) is 40.7 Å². The van der Waals surface area contributed by atoms with Crippen molar-refractivity contribution in [3.63, 3.8) is 0 Å². The van der Waals surface area contributed by atoms with Crippen LogP contribution in [0.3, 0.4) is 0 Å². The second-order valence-electron chi connectivity index (χ2n) is 8.50. The smallest absolute Gasteiger partial charge is 0.340 e. The number of carbonyl (C=O) groups is 3. The van der Waals surface area contributed by atoms with Gasteiger partial charge in [-0.2, -0.15) is 0 Å². The van der Waals surface area contributed by atoms with E-state index in [9.17, 15) is 14.4 Å². The van der Waals surface area contributed by atoms with Crippen LogP contribution in [0.1, 0.15) is 37.5 Å². The molecule has 1 aliphatic rings. The molecule has 0 aromatic heterocycles. The Kier molecular flexibility index (Phi) is 7.56. The Morgan fingerprint density at radius 2 is 1.71 bits per heavy atom. The maximum absolute atomic E-state index is 13.4. The highest BCUT2D eigenvalue weighted by Gasteiger charge is 2.38. The van der Waals surface area contributed by atoms with Gasteiger partial charge in [0.25, 0.3) is 11.8 Å². The van der Waals surface area contributed by atoms with Gasteiger partial charge in [0, 0.05) is 17.4 Å². The van der Waals surface area contributed by atoms with Crippen LogP contribution in [-0.2, 0) is 19.1 Å². The maximum atomic E-state index is 13.4. The van der Waals surface area contributed by atoms with E-state index in [4.69, 9.17) is 9.47 Å². The number of allylic oxidation sites excluding steroid dienone is 1. The molecule has 7 heteroatoms. The van der Waals surface area contributed by atoms with Gasteiger partial charge in [-0.3, -0.25) is 14.5 Å². The van der Waals surface area contributed by atoms with Crippen molar-refractivity contribution in [3.05, 3.63) is 76.0 Å². The molecule has 1 aliphatic heterocycles. The maximum Gasteiger partial charge on any atom is 0.340 e. The van der Waals surface area contributed by atoms with E-state index in [-0.39, 0.29) is 35.6 Å². The van der Waals surface area contributed by atoms with Crippen molar-refractivity contribution in [2.24, 2.45) is 0 Å². The molecule has 0 fully saturated rings. The fourth-order valence-electron chi connectivity index (χ4n) is 3.70. The summed E-state index contributed by atoms with van der Waals surface area (Å²) in [6.45, 7) is 9.39. The van der Waals surface area contributed by atoms with Gasteiger partial charge in [-0.1, -0.05) is 18.2 Å². The number of aryl methyl sites for hydroxylation is 2.